The van der Waals surface area contributed by atoms with Gasteiger partial charge in [-0.25, -0.2) is 0 Å². The van der Waals surface area contributed by atoms with Gasteiger partial charge < -0.3 is 14.6 Å². The Kier molecular flexibility index (Phi) is 6.54. The SMILES string of the molecule is Cc1noc(C)c1COc1ccccc1C(=O)NCCSc1ccccc1. The number of nitrogens with one attached hydrogen (secondary N) is 1. The molecule has 0 bridgehead atoms. The molecule has 140 valence electrons. The maximum Gasteiger partial charge on any atom is 0.255 e. The van der Waals surface area contributed by atoms with E-state index < -0.39 is 0 Å². The Hall–Kier alpha value is -2.73. The number of para-hydroxylation sites is 1. The van der Waals surface area contributed by atoms with Gasteiger partial charge in [0.15, 0.2) is 0 Å². The Morgan fingerprint density at radius 3 is 2.59 bits per heavy atom. The number of aromatic nitrogens is 1. The zero-order valence-corrected chi connectivity index (χ0v) is 16.2. The third-order valence-electron chi connectivity index (χ3n) is 4.08. The van der Waals surface area contributed by atoms with E-state index in [1.807, 2.05) is 44.2 Å². The number of ether oxygens (including phenoxy) is 1. The van der Waals surface area contributed by atoms with Crippen molar-refractivity contribution in [3.63, 3.8) is 0 Å². The first kappa shape index (κ1) is 19.0. The van der Waals surface area contributed by atoms with Crippen molar-refractivity contribution in [2.24, 2.45) is 0 Å². The van der Waals surface area contributed by atoms with Crippen LogP contribution in [0, 0.1) is 13.8 Å². The van der Waals surface area contributed by atoms with Crippen LogP contribution in [-0.2, 0) is 6.61 Å². The van der Waals surface area contributed by atoms with E-state index >= 15 is 0 Å². The lowest BCUT2D eigenvalue weighted by atomic mass is 10.2. The Bertz CT molecular complexity index is 874. The highest BCUT2D eigenvalue weighted by molar-refractivity contribution is 7.99. The Labute approximate surface area is 163 Å². The van der Waals surface area contributed by atoms with Gasteiger partial charge in [0.1, 0.15) is 18.1 Å². The number of carbonyl (C=O) groups is 1. The molecule has 2 aromatic carbocycles. The standard InChI is InChI=1S/C21H22N2O3S/c1-15-19(16(2)26-23-15)14-25-20-11-7-6-10-18(20)21(24)22-12-13-27-17-8-4-3-5-9-17/h3-11H,12-14H2,1-2H3,(H,22,24). The molecule has 0 spiro atoms. The van der Waals surface area contributed by atoms with Gasteiger partial charge in [-0.2, -0.15) is 0 Å². The van der Waals surface area contributed by atoms with Crippen molar-refractivity contribution >= 4 is 17.7 Å². The van der Waals surface area contributed by atoms with Crippen LogP contribution in [0.2, 0.25) is 0 Å². The number of rotatable bonds is 8. The van der Waals surface area contributed by atoms with Crippen LogP contribution in [0.25, 0.3) is 0 Å². The van der Waals surface area contributed by atoms with Crippen molar-refractivity contribution in [1.29, 1.82) is 0 Å². The van der Waals surface area contributed by atoms with E-state index in [0.717, 1.165) is 22.8 Å². The number of hydrogen-bond donors (Lipinski definition) is 1. The number of thioether (sulfide) groups is 1. The summed E-state index contributed by atoms with van der Waals surface area (Å²) >= 11 is 1.71. The fraction of sp³-hybridized carbons (Fsp3) is 0.238. The van der Waals surface area contributed by atoms with Crippen LogP contribution in [0.4, 0.5) is 0 Å². The summed E-state index contributed by atoms with van der Waals surface area (Å²) in [6.07, 6.45) is 0. The average molecular weight is 382 g/mol. The van der Waals surface area contributed by atoms with Crippen LogP contribution in [-0.4, -0.2) is 23.4 Å². The third-order valence-corrected chi connectivity index (χ3v) is 5.10. The fourth-order valence-corrected chi connectivity index (χ4v) is 3.37. The number of nitrogens with zero attached hydrogens (tertiary/aromatic N) is 1. The smallest absolute Gasteiger partial charge is 0.255 e. The zero-order valence-electron chi connectivity index (χ0n) is 15.4. The highest BCUT2D eigenvalue weighted by Crippen LogP contribution is 2.22. The van der Waals surface area contributed by atoms with E-state index in [0.29, 0.717) is 24.5 Å². The third kappa shape index (κ3) is 5.14. The maximum atomic E-state index is 12.5. The zero-order chi connectivity index (χ0) is 19.1. The lowest BCUT2D eigenvalue weighted by Gasteiger charge is -2.11. The molecule has 0 fully saturated rings. The molecule has 0 aliphatic carbocycles. The predicted octanol–water partition coefficient (Wildman–Crippen LogP) is 4.39. The summed E-state index contributed by atoms with van der Waals surface area (Å²) in [5, 5.41) is 6.88. The van der Waals surface area contributed by atoms with Gasteiger partial charge in [0.2, 0.25) is 0 Å². The molecule has 0 aliphatic heterocycles. The second-order valence-corrected chi connectivity index (χ2v) is 7.17. The molecule has 6 heteroatoms. The van der Waals surface area contributed by atoms with Crippen molar-refractivity contribution in [3.8, 4) is 5.75 Å². The molecule has 0 aliphatic rings. The first-order valence-corrected chi connectivity index (χ1v) is 9.73. The van der Waals surface area contributed by atoms with Crippen molar-refractivity contribution in [3.05, 3.63) is 77.2 Å². The topological polar surface area (TPSA) is 64.4 Å². The average Bonchev–Trinajstić information content (AvgIpc) is 3.02. The largest absolute Gasteiger partial charge is 0.488 e. The van der Waals surface area contributed by atoms with E-state index in [1.165, 1.54) is 4.90 Å². The summed E-state index contributed by atoms with van der Waals surface area (Å²) < 4.78 is 11.0. The van der Waals surface area contributed by atoms with Crippen molar-refractivity contribution in [2.75, 3.05) is 12.3 Å². The van der Waals surface area contributed by atoms with Gasteiger partial charge in [0.25, 0.3) is 5.91 Å². The lowest BCUT2D eigenvalue weighted by molar-refractivity contribution is 0.0951. The Morgan fingerprint density at radius 2 is 1.85 bits per heavy atom. The van der Waals surface area contributed by atoms with Crippen LogP contribution in [0.5, 0.6) is 5.75 Å². The minimum Gasteiger partial charge on any atom is -0.488 e. The van der Waals surface area contributed by atoms with Crippen LogP contribution in [0.15, 0.2) is 64.0 Å². The number of carbonyl (C=O) groups excluding carboxylic acids is 1. The van der Waals surface area contributed by atoms with Gasteiger partial charge in [0.05, 0.1) is 16.8 Å². The second kappa shape index (κ2) is 9.28. The molecule has 27 heavy (non-hydrogen) atoms. The summed E-state index contributed by atoms with van der Waals surface area (Å²) in [7, 11) is 0. The number of aryl methyl sites for hydroxylation is 2. The molecular weight excluding hydrogens is 360 g/mol. The van der Waals surface area contributed by atoms with Crippen LogP contribution in [0.1, 0.15) is 27.4 Å². The molecule has 3 rings (SSSR count). The first-order chi connectivity index (χ1) is 13.1. The summed E-state index contributed by atoms with van der Waals surface area (Å²) in [6, 6.07) is 17.4. The molecule has 1 amide bonds. The highest BCUT2D eigenvalue weighted by atomic mass is 32.2. The minimum absolute atomic E-state index is 0.141. The second-order valence-electron chi connectivity index (χ2n) is 6.00. The maximum absolute atomic E-state index is 12.5. The van der Waals surface area contributed by atoms with E-state index in [9.17, 15) is 4.79 Å². The van der Waals surface area contributed by atoms with Crippen LogP contribution in [0.3, 0.4) is 0 Å². The first-order valence-electron chi connectivity index (χ1n) is 8.75. The van der Waals surface area contributed by atoms with Gasteiger partial charge in [-0.15, -0.1) is 11.8 Å². The van der Waals surface area contributed by atoms with Crippen molar-refractivity contribution in [2.45, 2.75) is 25.3 Å². The lowest BCUT2D eigenvalue weighted by Crippen LogP contribution is -2.26. The Morgan fingerprint density at radius 1 is 1.11 bits per heavy atom. The Balaban J connectivity index is 1.55. The summed E-state index contributed by atoms with van der Waals surface area (Å²) in [6.45, 7) is 4.62. The van der Waals surface area contributed by atoms with E-state index in [-0.39, 0.29) is 5.91 Å². The molecule has 1 N–H and O–H groups in total. The molecule has 0 radical (unpaired) electrons. The predicted molar refractivity (Wildman–Crippen MR) is 106 cm³/mol. The van der Waals surface area contributed by atoms with Gasteiger partial charge in [-0.1, -0.05) is 35.5 Å². The molecule has 1 heterocycles. The van der Waals surface area contributed by atoms with Crippen molar-refractivity contribution in [1.82, 2.24) is 10.5 Å². The number of benzene rings is 2. The number of amides is 1. The van der Waals surface area contributed by atoms with E-state index in [1.54, 1.807) is 23.9 Å². The van der Waals surface area contributed by atoms with Gasteiger partial charge in [0, 0.05) is 17.2 Å². The molecule has 0 atom stereocenters. The summed E-state index contributed by atoms with van der Waals surface area (Å²) in [4.78, 5) is 13.7. The fourth-order valence-electron chi connectivity index (χ4n) is 2.58. The molecule has 5 nitrogen and oxygen atoms in total. The summed E-state index contributed by atoms with van der Waals surface area (Å²) in [5.41, 5.74) is 2.23. The molecular formula is C21H22N2O3S. The van der Waals surface area contributed by atoms with Gasteiger partial charge in [-0.05, 0) is 38.1 Å². The number of hydrogen-bond acceptors (Lipinski definition) is 5. The van der Waals surface area contributed by atoms with Crippen molar-refractivity contribution < 1.29 is 14.1 Å². The summed E-state index contributed by atoms with van der Waals surface area (Å²) in [5.74, 6) is 1.94. The van der Waals surface area contributed by atoms with E-state index in [4.69, 9.17) is 9.26 Å². The van der Waals surface area contributed by atoms with E-state index in [2.05, 4.69) is 22.6 Å². The molecule has 1 aromatic heterocycles. The van der Waals surface area contributed by atoms with Crippen LogP contribution >= 0.6 is 11.8 Å². The minimum atomic E-state index is -0.141. The molecule has 3 aromatic rings. The van der Waals surface area contributed by atoms with Gasteiger partial charge in [-0.3, -0.25) is 4.79 Å². The normalized spacial score (nSPS) is 10.6. The van der Waals surface area contributed by atoms with Crippen LogP contribution < -0.4 is 10.1 Å². The quantitative estimate of drug-likeness (QED) is 0.462. The molecule has 0 saturated heterocycles. The molecule has 0 unspecified atom stereocenters. The highest BCUT2D eigenvalue weighted by Gasteiger charge is 2.14. The molecule has 0 saturated carbocycles. The monoisotopic (exact) mass is 382 g/mol. The van der Waals surface area contributed by atoms with Gasteiger partial charge >= 0.3 is 0 Å².